The molecular weight excluding hydrogens is 241 g/mol. The minimum absolute atomic E-state index is 0.0500. The Bertz CT molecular complexity index is 383. The minimum atomic E-state index is -4.27. The standard InChI is InChI=1S/C14H17F3O/c1-2-12-4-3-5-13(18-12)10-6-8-11(9-7-10)14(15,16)17/h6-9,12-13H,2-5H2,1H3/t12-,13-/m0/s1. The molecule has 4 heteroatoms. The zero-order valence-corrected chi connectivity index (χ0v) is 10.3. The van der Waals surface area contributed by atoms with E-state index in [0.29, 0.717) is 0 Å². The van der Waals surface area contributed by atoms with Crippen molar-refractivity contribution >= 4 is 0 Å². The SMILES string of the molecule is CC[C@H]1CCC[C@@H](c2ccc(C(F)(F)F)cc2)O1. The molecule has 1 aliphatic rings. The highest BCUT2D eigenvalue weighted by Gasteiger charge is 2.30. The van der Waals surface area contributed by atoms with Crippen molar-refractivity contribution in [1.29, 1.82) is 0 Å². The number of rotatable bonds is 2. The van der Waals surface area contributed by atoms with E-state index in [1.54, 1.807) is 0 Å². The average molecular weight is 258 g/mol. The summed E-state index contributed by atoms with van der Waals surface area (Å²) in [5.41, 5.74) is 0.246. The van der Waals surface area contributed by atoms with Crippen LogP contribution in [-0.4, -0.2) is 6.10 Å². The number of benzene rings is 1. The molecule has 2 rings (SSSR count). The zero-order valence-electron chi connectivity index (χ0n) is 10.3. The summed E-state index contributed by atoms with van der Waals surface area (Å²) in [4.78, 5) is 0. The molecule has 1 saturated heterocycles. The van der Waals surface area contributed by atoms with Gasteiger partial charge in [0.05, 0.1) is 17.8 Å². The first-order valence-corrected chi connectivity index (χ1v) is 6.33. The van der Waals surface area contributed by atoms with E-state index in [1.165, 1.54) is 12.1 Å². The van der Waals surface area contributed by atoms with E-state index >= 15 is 0 Å². The van der Waals surface area contributed by atoms with Gasteiger partial charge in [0.15, 0.2) is 0 Å². The molecule has 0 aliphatic carbocycles. The van der Waals surface area contributed by atoms with Crippen molar-refractivity contribution in [2.24, 2.45) is 0 Å². The number of alkyl halides is 3. The van der Waals surface area contributed by atoms with Crippen LogP contribution in [0.25, 0.3) is 0 Å². The number of hydrogen-bond acceptors (Lipinski definition) is 1. The molecule has 1 aromatic carbocycles. The molecule has 0 radical (unpaired) electrons. The van der Waals surface area contributed by atoms with E-state index < -0.39 is 11.7 Å². The van der Waals surface area contributed by atoms with Gasteiger partial charge in [-0.05, 0) is 43.4 Å². The van der Waals surface area contributed by atoms with Crippen molar-refractivity contribution in [3.63, 3.8) is 0 Å². The second-order valence-electron chi connectivity index (χ2n) is 4.71. The van der Waals surface area contributed by atoms with Crippen LogP contribution in [0.3, 0.4) is 0 Å². The number of ether oxygens (including phenoxy) is 1. The van der Waals surface area contributed by atoms with E-state index in [4.69, 9.17) is 4.74 Å². The highest BCUT2D eigenvalue weighted by atomic mass is 19.4. The normalized spacial score (nSPS) is 25.1. The first-order chi connectivity index (χ1) is 8.50. The van der Waals surface area contributed by atoms with Crippen LogP contribution in [0.2, 0.25) is 0 Å². The molecule has 0 amide bonds. The fraction of sp³-hybridized carbons (Fsp3) is 0.571. The van der Waals surface area contributed by atoms with E-state index in [9.17, 15) is 13.2 Å². The van der Waals surface area contributed by atoms with Gasteiger partial charge in [0.1, 0.15) is 0 Å². The van der Waals surface area contributed by atoms with Crippen LogP contribution < -0.4 is 0 Å². The minimum Gasteiger partial charge on any atom is -0.370 e. The van der Waals surface area contributed by atoms with Gasteiger partial charge in [0, 0.05) is 0 Å². The quantitative estimate of drug-likeness (QED) is 0.745. The van der Waals surface area contributed by atoms with Gasteiger partial charge >= 0.3 is 6.18 Å². The molecule has 0 unspecified atom stereocenters. The third kappa shape index (κ3) is 3.05. The Balaban J connectivity index is 2.09. The third-order valence-electron chi connectivity index (χ3n) is 3.41. The van der Waals surface area contributed by atoms with E-state index in [2.05, 4.69) is 6.92 Å². The lowest BCUT2D eigenvalue weighted by atomic mass is 9.97. The van der Waals surface area contributed by atoms with Crippen LogP contribution in [0.5, 0.6) is 0 Å². The highest BCUT2D eigenvalue weighted by Crippen LogP contribution is 2.34. The Morgan fingerprint density at radius 1 is 1.17 bits per heavy atom. The summed E-state index contributed by atoms with van der Waals surface area (Å²) in [6.45, 7) is 2.07. The monoisotopic (exact) mass is 258 g/mol. The molecule has 2 atom stereocenters. The van der Waals surface area contributed by atoms with Crippen LogP contribution in [0, 0.1) is 0 Å². The predicted octanol–water partition coefficient (Wildman–Crippen LogP) is 4.73. The lowest BCUT2D eigenvalue weighted by Gasteiger charge is -2.29. The maximum atomic E-state index is 12.4. The fourth-order valence-corrected chi connectivity index (χ4v) is 2.33. The molecule has 0 N–H and O–H groups in total. The molecule has 1 aromatic rings. The van der Waals surface area contributed by atoms with E-state index in [0.717, 1.165) is 43.4 Å². The molecule has 1 heterocycles. The summed E-state index contributed by atoms with van der Waals surface area (Å²) in [5, 5.41) is 0. The first kappa shape index (κ1) is 13.4. The van der Waals surface area contributed by atoms with Gasteiger partial charge in [-0.3, -0.25) is 0 Å². The summed E-state index contributed by atoms with van der Waals surface area (Å²) in [6, 6.07) is 5.33. The second-order valence-corrected chi connectivity index (χ2v) is 4.71. The van der Waals surface area contributed by atoms with Crippen molar-refractivity contribution in [2.75, 3.05) is 0 Å². The van der Waals surface area contributed by atoms with Gasteiger partial charge in [0.2, 0.25) is 0 Å². The molecule has 1 nitrogen and oxygen atoms in total. The second kappa shape index (κ2) is 5.31. The molecule has 0 bridgehead atoms. The topological polar surface area (TPSA) is 9.23 Å². The Hall–Kier alpha value is -1.03. The predicted molar refractivity (Wildman–Crippen MR) is 63.2 cm³/mol. The Kier molecular flexibility index (Phi) is 3.95. The summed E-state index contributed by atoms with van der Waals surface area (Å²) >= 11 is 0. The molecule has 1 aliphatic heterocycles. The molecular formula is C14H17F3O. The molecule has 1 fully saturated rings. The third-order valence-corrected chi connectivity index (χ3v) is 3.41. The lowest BCUT2D eigenvalue weighted by molar-refractivity contribution is -0.137. The van der Waals surface area contributed by atoms with Crippen molar-refractivity contribution in [3.8, 4) is 0 Å². The van der Waals surface area contributed by atoms with Gasteiger partial charge in [-0.1, -0.05) is 19.1 Å². The van der Waals surface area contributed by atoms with Crippen molar-refractivity contribution in [2.45, 2.75) is 51.0 Å². The van der Waals surface area contributed by atoms with Crippen LogP contribution in [0.4, 0.5) is 13.2 Å². The van der Waals surface area contributed by atoms with Gasteiger partial charge in [0.25, 0.3) is 0 Å². The number of halogens is 3. The molecule has 0 aromatic heterocycles. The van der Waals surface area contributed by atoms with Crippen LogP contribution in [-0.2, 0) is 10.9 Å². The van der Waals surface area contributed by atoms with Gasteiger partial charge < -0.3 is 4.74 Å². The fourth-order valence-electron chi connectivity index (χ4n) is 2.33. The Morgan fingerprint density at radius 2 is 1.83 bits per heavy atom. The maximum Gasteiger partial charge on any atom is 0.416 e. The average Bonchev–Trinajstić information content (AvgIpc) is 2.38. The zero-order chi connectivity index (χ0) is 13.2. The van der Waals surface area contributed by atoms with Gasteiger partial charge in [-0.15, -0.1) is 0 Å². The first-order valence-electron chi connectivity index (χ1n) is 6.33. The van der Waals surface area contributed by atoms with Crippen LogP contribution in [0.1, 0.15) is 49.8 Å². The largest absolute Gasteiger partial charge is 0.416 e. The summed E-state index contributed by atoms with van der Waals surface area (Å²) in [6.07, 6.45) is -0.105. The van der Waals surface area contributed by atoms with E-state index in [1.807, 2.05) is 0 Å². The number of hydrogen-bond donors (Lipinski definition) is 0. The summed E-state index contributed by atoms with van der Waals surface area (Å²) in [7, 11) is 0. The smallest absolute Gasteiger partial charge is 0.370 e. The Morgan fingerprint density at radius 3 is 2.39 bits per heavy atom. The molecule has 0 spiro atoms. The molecule has 18 heavy (non-hydrogen) atoms. The van der Waals surface area contributed by atoms with Crippen LogP contribution >= 0.6 is 0 Å². The summed E-state index contributed by atoms with van der Waals surface area (Å²) < 4.78 is 43.2. The van der Waals surface area contributed by atoms with Crippen molar-refractivity contribution in [1.82, 2.24) is 0 Å². The van der Waals surface area contributed by atoms with E-state index in [-0.39, 0.29) is 12.2 Å². The van der Waals surface area contributed by atoms with Crippen molar-refractivity contribution in [3.05, 3.63) is 35.4 Å². The summed E-state index contributed by atoms with van der Waals surface area (Å²) in [5.74, 6) is 0. The lowest BCUT2D eigenvalue weighted by Crippen LogP contribution is -2.21. The van der Waals surface area contributed by atoms with Crippen LogP contribution in [0.15, 0.2) is 24.3 Å². The van der Waals surface area contributed by atoms with Crippen molar-refractivity contribution < 1.29 is 17.9 Å². The van der Waals surface area contributed by atoms with Gasteiger partial charge in [-0.25, -0.2) is 0 Å². The maximum absolute atomic E-state index is 12.4. The molecule has 0 saturated carbocycles. The van der Waals surface area contributed by atoms with Gasteiger partial charge in [-0.2, -0.15) is 13.2 Å². The molecule has 100 valence electrons. The Labute approximate surface area is 105 Å². The highest BCUT2D eigenvalue weighted by molar-refractivity contribution is 5.26.